The quantitative estimate of drug-likeness (QED) is 0.176. The number of carbonyl (C=O) groups excluding carboxylic acids is 2. The minimum atomic E-state index is -1.82. The number of halogens is 1. The Balaban J connectivity index is 1.26. The summed E-state index contributed by atoms with van der Waals surface area (Å²) in [5.74, 6) is 1.68. The molecule has 0 atom stereocenters. The number of aromatic nitrogens is 2. The van der Waals surface area contributed by atoms with Gasteiger partial charge in [0.2, 0.25) is 25.4 Å². The predicted molar refractivity (Wildman–Crippen MR) is 193 cm³/mol. The third-order valence-electron chi connectivity index (χ3n) is 10.5. The molecule has 3 aromatic rings. The van der Waals surface area contributed by atoms with Gasteiger partial charge in [0.25, 0.3) is 0 Å². The molecule has 46 heavy (non-hydrogen) atoms. The van der Waals surface area contributed by atoms with Gasteiger partial charge in [-0.15, -0.1) is 11.3 Å². The van der Waals surface area contributed by atoms with Crippen molar-refractivity contribution in [2.45, 2.75) is 83.5 Å². The molecular formula is C36H46IN4O4S+. The number of nitrogens with zero attached hydrogens (tertiary/aromatic N) is 4. The second kappa shape index (κ2) is 13.8. The van der Waals surface area contributed by atoms with Crippen LogP contribution in [0.25, 0.3) is 13.4 Å². The van der Waals surface area contributed by atoms with Gasteiger partial charge in [-0.05, 0) is 107 Å². The number of aliphatic hydroxyl groups excluding tert-OH is 1. The molecule has 7 rings (SSSR count). The highest BCUT2D eigenvalue weighted by Crippen LogP contribution is 2.58. The van der Waals surface area contributed by atoms with Gasteiger partial charge < -0.3 is 9.84 Å². The van der Waals surface area contributed by atoms with Crippen LogP contribution in [0.2, 0.25) is 0 Å². The van der Waals surface area contributed by atoms with Gasteiger partial charge in [0.05, 0.1) is 25.8 Å². The van der Waals surface area contributed by atoms with E-state index in [-0.39, 0.29) is 22.7 Å². The zero-order valence-corrected chi connectivity index (χ0v) is 30.4. The summed E-state index contributed by atoms with van der Waals surface area (Å²) in [6.07, 6.45) is 11.9. The van der Waals surface area contributed by atoms with Gasteiger partial charge in [0.1, 0.15) is 11.6 Å². The van der Waals surface area contributed by atoms with E-state index in [0.717, 1.165) is 87.2 Å². The normalized spacial score (nSPS) is 23.3. The summed E-state index contributed by atoms with van der Waals surface area (Å²) in [4.78, 5) is 38.8. The summed E-state index contributed by atoms with van der Waals surface area (Å²) in [6.45, 7) is 6.61. The average molecular weight is 758 g/mol. The molecule has 4 fully saturated rings. The monoisotopic (exact) mass is 757 g/mol. The number of fused-ring (bicyclic) bond motifs is 3. The fraction of sp³-hybridized carbons (Fsp3) is 0.556. The number of alkyl halides is 2. The van der Waals surface area contributed by atoms with Crippen molar-refractivity contribution >= 4 is 48.4 Å². The van der Waals surface area contributed by atoms with Crippen LogP contribution in [0, 0.1) is 18.3 Å². The fourth-order valence-corrected chi connectivity index (χ4v) is 13.4. The molecule has 2 bridgehead atoms. The first-order chi connectivity index (χ1) is 22.1. The number of hydrogen-bond acceptors (Lipinski definition) is 7. The van der Waals surface area contributed by atoms with Gasteiger partial charge in [0, 0.05) is 30.8 Å². The molecule has 246 valence electrons. The van der Waals surface area contributed by atoms with Crippen molar-refractivity contribution in [2.24, 2.45) is 11.3 Å². The molecule has 2 aromatic heterocycles. The lowest BCUT2D eigenvalue weighted by atomic mass is 9.51. The van der Waals surface area contributed by atoms with Crippen molar-refractivity contribution in [3.05, 3.63) is 61.8 Å². The Bertz CT molecular complexity index is 1670. The van der Waals surface area contributed by atoms with Crippen LogP contribution in [0.4, 0.5) is 5.82 Å². The van der Waals surface area contributed by atoms with Crippen LogP contribution >= 0.6 is 30.8 Å². The number of hydrogen-bond donors (Lipinski definition) is 1. The largest absolute Gasteiger partial charge is 0.528 e. The van der Waals surface area contributed by atoms with Crippen LogP contribution in [0.1, 0.15) is 87.3 Å². The number of thiazole rings is 1. The molecule has 0 radical (unpaired) electrons. The van der Waals surface area contributed by atoms with E-state index in [1.54, 1.807) is 18.4 Å². The summed E-state index contributed by atoms with van der Waals surface area (Å²) in [6, 6.07) is 10.8. The molecule has 0 unspecified atom stereocenters. The number of aryl methyl sites for hydroxylation is 1. The second-order valence-corrected chi connectivity index (χ2v) is 19.9. The van der Waals surface area contributed by atoms with E-state index in [9.17, 15) is 9.59 Å². The van der Waals surface area contributed by atoms with Gasteiger partial charge in [-0.3, -0.25) is 9.69 Å². The van der Waals surface area contributed by atoms with Gasteiger partial charge in [-0.1, -0.05) is 26.0 Å². The Morgan fingerprint density at radius 2 is 1.80 bits per heavy atom. The average Bonchev–Trinajstić information content (AvgIpc) is 3.59. The lowest BCUT2D eigenvalue weighted by Crippen LogP contribution is -2.52. The number of anilines is 1. The number of pyridine rings is 1. The first kappa shape index (κ1) is 33.2. The lowest BCUT2D eigenvalue weighted by molar-refractivity contribution is -0.123. The molecule has 0 spiro atoms. The number of amides is 2. The van der Waals surface area contributed by atoms with Crippen LogP contribution in [-0.2, 0) is 15.0 Å². The minimum Gasteiger partial charge on any atom is -0.496 e. The standard InChI is InChI=1S/C36H46IN4O4S/c1-24(2)33-39-21-30(46-33)27-9-18-38-31(20-27)41(34(44)26-7-16-37(17-8-26)40-32(43)22-42)23-35-10-13-36(14-11-35,15-12-35)28-5-6-29(45-4)25(3)19-28/h5-6,9,18-21,24,26,42H,7-8,10-17,22-23H2,1-4H3/q+1. The van der Waals surface area contributed by atoms with Crippen molar-refractivity contribution in [3.8, 4) is 16.2 Å². The molecular weight excluding hydrogens is 711 g/mol. The lowest BCUT2D eigenvalue weighted by Gasteiger charge is -2.55. The Labute approximate surface area is 283 Å². The maximum absolute atomic E-state index is 14.5. The van der Waals surface area contributed by atoms with E-state index in [0.29, 0.717) is 12.5 Å². The zero-order chi connectivity index (χ0) is 32.5. The molecule has 2 amide bonds. The van der Waals surface area contributed by atoms with Crippen LogP contribution < -0.4 is 9.64 Å². The number of benzene rings is 1. The topological polar surface area (TPSA) is 97.0 Å². The predicted octanol–water partition coefficient (Wildman–Crippen LogP) is 7.99. The van der Waals surface area contributed by atoms with Crippen LogP contribution in [-0.4, -0.2) is 56.0 Å². The molecule has 3 heterocycles. The summed E-state index contributed by atoms with van der Waals surface area (Å²) in [5, 5.41) is 10.3. The highest BCUT2D eigenvalue weighted by Gasteiger charge is 2.51. The molecule has 3 saturated carbocycles. The number of methoxy groups -OCH3 is 1. The number of ether oxygens (including phenoxy) is 1. The molecule has 3 aliphatic carbocycles. The summed E-state index contributed by atoms with van der Waals surface area (Å²) in [7, 11) is 1.73. The van der Waals surface area contributed by atoms with Crippen LogP contribution in [0.15, 0.2) is 42.7 Å². The third kappa shape index (κ3) is 6.82. The van der Waals surface area contributed by atoms with E-state index >= 15 is 0 Å². The van der Waals surface area contributed by atoms with Crippen molar-refractivity contribution in [3.63, 3.8) is 0 Å². The smallest absolute Gasteiger partial charge is 0.496 e. The molecule has 10 heteroatoms. The third-order valence-corrected chi connectivity index (χ3v) is 16.8. The van der Waals surface area contributed by atoms with E-state index in [1.165, 1.54) is 11.1 Å². The van der Waals surface area contributed by atoms with Gasteiger partial charge >= 0.3 is 5.91 Å². The summed E-state index contributed by atoms with van der Waals surface area (Å²) in [5.41, 5.74) is 3.93. The second-order valence-electron chi connectivity index (χ2n) is 13.7. The fourth-order valence-electron chi connectivity index (χ4n) is 7.62. The SMILES string of the molecule is COc1ccc(C23CCC(CN(C(=O)C4CCI(#[N+]C(=O)CO)CC4)c4cc(-c5cnc(C(C)C)s5)ccn4)(CC2)CC3)cc1C. The number of rotatable bonds is 9. The summed E-state index contributed by atoms with van der Waals surface area (Å²) >= 11 is -0.112. The van der Waals surface area contributed by atoms with Crippen LogP contribution in [0.3, 0.4) is 0 Å². The summed E-state index contributed by atoms with van der Waals surface area (Å²) < 4.78 is 11.5. The number of carbonyl (C=O) groups is 2. The highest BCUT2D eigenvalue weighted by molar-refractivity contribution is 14.2. The van der Waals surface area contributed by atoms with E-state index in [2.05, 4.69) is 53.0 Å². The van der Waals surface area contributed by atoms with Gasteiger partial charge in [-0.2, -0.15) is 4.79 Å². The number of aliphatic hydroxyl groups is 1. The molecule has 1 saturated heterocycles. The molecule has 1 aromatic carbocycles. The van der Waals surface area contributed by atoms with Crippen LogP contribution in [0.5, 0.6) is 5.75 Å². The Hall–Kier alpha value is -2.66. The van der Waals surface area contributed by atoms with Crippen molar-refractivity contribution in [1.82, 2.24) is 9.97 Å². The Morgan fingerprint density at radius 3 is 2.41 bits per heavy atom. The minimum absolute atomic E-state index is 0.0713. The highest BCUT2D eigenvalue weighted by atomic mass is 127. The molecule has 1 N–H and O–H groups in total. The van der Waals surface area contributed by atoms with Gasteiger partial charge in [0.15, 0.2) is 6.61 Å². The Morgan fingerprint density at radius 1 is 1.09 bits per heavy atom. The molecule has 8 nitrogen and oxygen atoms in total. The maximum atomic E-state index is 14.5. The van der Waals surface area contributed by atoms with Crippen molar-refractivity contribution in [1.29, 1.82) is 0 Å². The first-order valence-electron chi connectivity index (χ1n) is 16.5. The van der Waals surface area contributed by atoms with E-state index in [4.69, 9.17) is 14.8 Å². The maximum Gasteiger partial charge on any atom is 0.528 e. The molecule has 4 aliphatic rings. The van der Waals surface area contributed by atoms with E-state index in [1.807, 2.05) is 23.4 Å². The first-order valence-corrected chi connectivity index (χ1v) is 21.3. The zero-order valence-electron chi connectivity index (χ0n) is 27.4. The van der Waals surface area contributed by atoms with E-state index < -0.39 is 32.0 Å². The van der Waals surface area contributed by atoms with Gasteiger partial charge in [-0.25, -0.2) is 9.97 Å². The molecule has 1 aliphatic heterocycles. The Kier molecular flexibility index (Phi) is 9.99. The van der Waals surface area contributed by atoms with Crippen molar-refractivity contribution in [2.75, 3.05) is 34.0 Å². The van der Waals surface area contributed by atoms with Crippen molar-refractivity contribution < 1.29 is 19.4 Å².